The minimum atomic E-state index is -4.64. The second-order valence-corrected chi connectivity index (χ2v) is 9.71. The van der Waals surface area contributed by atoms with Gasteiger partial charge in [0.1, 0.15) is 12.9 Å². The predicted molar refractivity (Wildman–Crippen MR) is 141 cm³/mol. The average Bonchev–Trinajstić information content (AvgIpc) is 3.27. The van der Waals surface area contributed by atoms with Crippen molar-refractivity contribution in [3.63, 3.8) is 0 Å². The van der Waals surface area contributed by atoms with Gasteiger partial charge in [0.25, 0.3) is 5.91 Å². The summed E-state index contributed by atoms with van der Waals surface area (Å²) in [7, 11) is 0. The molecule has 0 aliphatic carbocycles. The van der Waals surface area contributed by atoms with E-state index >= 15 is 0 Å². The topological polar surface area (TPSA) is 140 Å². The maximum Gasteiger partial charge on any atom is 0.389 e. The van der Waals surface area contributed by atoms with Crippen LogP contribution in [0.5, 0.6) is 0 Å². The Bertz CT molecular complexity index is 1500. The minimum Gasteiger partial charge on any atom is -0.369 e. The molecule has 1 aliphatic rings. The van der Waals surface area contributed by atoms with Crippen molar-refractivity contribution in [3.8, 4) is 0 Å². The zero-order chi connectivity index (χ0) is 29.9. The van der Waals surface area contributed by atoms with E-state index in [1.165, 1.54) is 6.92 Å². The van der Waals surface area contributed by atoms with Crippen LogP contribution in [0.25, 0.3) is 0 Å². The van der Waals surface area contributed by atoms with Crippen molar-refractivity contribution in [3.05, 3.63) is 82.2 Å². The van der Waals surface area contributed by atoms with Crippen LogP contribution in [0.3, 0.4) is 0 Å². The van der Waals surface area contributed by atoms with E-state index in [0.717, 1.165) is 6.26 Å². The molecule has 0 fully saturated rings. The Morgan fingerprint density at radius 2 is 1.90 bits per heavy atom. The van der Waals surface area contributed by atoms with Crippen LogP contribution >= 0.6 is 0 Å². The zero-order valence-corrected chi connectivity index (χ0v) is 22.1. The van der Waals surface area contributed by atoms with Gasteiger partial charge in [-0.05, 0) is 37.5 Å². The van der Waals surface area contributed by atoms with E-state index < -0.39 is 61.4 Å². The van der Waals surface area contributed by atoms with Gasteiger partial charge < -0.3 is 20.9 Å². The third kappa shape index (κ3) is 6.61. The zero-order valence-electron chi connectivity index (χ0n) is 22.1. The number of carbonyl (C=O) groups is 3. The minimum absolute atomic E-state index is 0.0559. The molecule has 0 saturated carbocycles. The molecule has 3 aromatic rings. The number of benzene rings is 2. The van der Waals surface area contributed by atoms with E-state index in [1.807, 2.05) is 0 Å². The van der Waals surface area contributed by atoms with Crippen molar-refractivity contribution in [1.82, 2.24) is 10.5 Å². The molecule has 0 bridgehead atoms. The first-order valence-electron chi connectivity index (χ1n) is 12.6. The number of rotatable bonds is 9. The first-order chi connectivity index (χ1) is 19.4. The van der Waals surface area contributed by atoms with Crippen molar-refractivity contribution in [2.45, 2.75) is 51.6 Å². The van der Waals surface area contributed by atoms with Gasteiger partial charge in [0, 0.05) is 23.1 Å². The van der Waals surface area contributed by atoms with Crippen molar-refractivity contribution < 1.29 is 36.5 Å². The number of aryl methyl sites for hydroxylation is 2. The molecular weight excluding hydrogens is 546 g/mol. The van der Waals surface area contributed by atoms with E-state index in [9.17, 15) is 31.9 Å². The lowest BCUT2D eigenvalue weighted by Crippen LogP contribution is -2.47. The third-order valence-electron chi connectivity index (χ3n) is 6.82. The molecular formula is C28H27F4N5O4. The van der Waals surface area contributed by atoms with Crippen LogP contribution in [-0.4, -0.2) is 40.9 Å². The number of anilines is 1. The number of aromatic nitrogens is 1. The number of fused-ring (bicyclic) bond motifs is 1. The summed E-state index contributed by atoms with van der Waals surface area (Å²) in [5, 5.41) is 8.78. The molecule has 4 rings (SSSR count). The highest BCUT2D eigenvalue weighted by atomic mass is 19.4. The number of nitrogens with zero attached hydrogens (tertiary/aromatic N) is 2. The van der Waals surface area contributed by atoms with Gasteiger partial charge in [-0.2, -0.15) is 13.2 Å². The number of nitrogens with one attached hydrogen (secondary N) is 2. The number of amides is 3. The standard InChI is InChI=1S/C28H27F4N5O4/c1-14-5-3-8-19-22(14)35-27(40)25(34-23(19)17-7-4-6-16(11-17)12-29)36-26(39)18(9-10-28(30,31)32)21(24(33)38)20-13-41-37-15(20)2/h3-8,11,13,18,21,25H,9-10,12H2,1-2H3,(H2,33,38)(H,35,40)(H,36,39)/t18-,21-,25-/m1/s1. The van der Waals surface area contributed by atoms with Gasteiger partial charge in [0.15, 0.2) is 0 Å². The quantitative estimate of drug-likeness (QED) is 0.329. The summed E-state index contributed by atoms with van der Waals surface area (Å²) in [6, 6.07) is 11.6. The lowest BCUT2D eigenvalue weighted by molar-refractivity contribution is -0.144. The van der Waals surface area contributed by atoms with Crippen LogP contribution in [0.15, 0.2) is 58.2 Å². The number of primary amides is 1. The van der Waals surface area contributed by atoms with E-state index in [1.54, 1.807) is 49.4 Å². The molecule has 0 saturated heterocycles. The number of benzodiazepines with no additional fused rings is 1. The smallest absolute Gasteiger partial charge is 0.369 e. The maximum atomic E-state index is 13.6. The van der Waals surface area contributed by atoms with E-state index in [4.69, 9.17) is 10.3 Å². The number of hydrogen-bond donors (Lipinski definition) is 3. The third-order valence-corrected chi connectivity index (χ3v) is 6.82. The Morgan fingerprint density at radius 3 is 2.54 bits per heavy atom. The van der Waals surface area contributed by atoms with Crippen LogP contribution < -0.4 is 16.4 Å². The largest absolute Gasteiger partial charge is 0.389 e. The fraction of sp³-hybridized carbons (Fsp3) is 0.321. The number of carbonyl (C=O) groups excluding carboxylic acids is 3. The Morgan fingerprint density at radius 1 is 1.17 bits per heavy atom. The molecule has 4 N–H and O–H groups in total. The van der Waals surface area contributed by atoms with Gasteiger partial charge in [-0.15, -0.1) is 0 Å². The molecule has 0 spiro atoms. The number of nitrogens with two attached hydrogens (primary N) is 1. The lowest BCUT2D eigenvalue weighted by atomic mass is 9.82. The maximum absolute atomic E-state index is 13.6. The molecule has 216 valence electrons. The number of hydrogen-bond acceptors (Lipinski definition) is 6. The molecule has 2 aromatic carbocycles. The summed E-state index contributed by atoms with van der Waals surface area (Å²) in [4.78, 5) is 43.8. The highest BCUT2D eigenvalue weighted by Crippen LogP contribution is 2.34. The van der Waals surface area contributed by atoms with Crippen LogP contribution in [0, 0.1) is 19.8 Å². The van der Waals surface area contributed by atoms with Crippen LogP contribution in [0.1, 0.15) is 52.3 Å². The summed E-state index contributed by atoms with van der Waals surface area (Å²) in [5.74, 6) is -6.05. The number of alkyl halides is 4. The van der Waals surface area contributed by atoms with Crippen LogP contribution in [0.2, 0.25) is 0 Å². The van der Waals surface area contributed by atoms with Crippen molar-refractivity contribution in [2.24, 2.45) is 16.6 Å². The summed E-state index contributed by atoms with van der Waals surface area (Å²) in [6.45, 7) is 2.45. The Balaban J connectivity index is 1.76. The summed E-state index contributed by atoms with van der Waals surface area (Å²) in [5.41, 5.74) is 8.41. The fourth-order valence-corrected chi connectivity index (χ4v) is 4.79. The van der Waals surface area contributed by atoms with E-state index in [2.05, 4.69) is 20.8 Å². The van der Waals surface area contributed by atoms with Gasteiger partial charge >= 0.3 is 6.18 Å². The molecule has 13 heteroatoms. The second-order valence-electron chi connectivity index (χ2n) is 9.71. The molecule has 2 heterocycles. The normalized spacial score (nSPS) is 16.6. The molecule has 3 atom stereocenters. The summed E-state index contributed by atoms with van der Waals surface area (Å²) >= 11 is 0. The molecule has 0 unspecified atom stereocenters. The van der Waals surface area contributed by atoms with Crippen molar-refractivity contribution in [2.75, 3.05) is 5.32 Å². The molecule has 1 aromatic heterocycles. The number of aliphatic imine (C=N–C) groups is 1. The summed E-state index contributed by atoms with van der Waals surface area (Å²) < 4.78 is 58.0. The second kappa shape index (κ2) is 11.9. The van der Waals surface area contributed by atoms with Gasteiger partial charge in [0.2, 0.25) is 18.0 Å². The van der Waals surface area contributed by atoms with Gasteiger partial charge in [-0.25, -0.2) is 9.38 Å². The monoisotopic (exact) mass is 573 g/mol. The Labute approximate surface area is 232 Å². The Hall–Kier alpha value is -4.55. The number of halogens is 4. The van der Waals surface area contributed by atoms with Gasteiger partial charge in [-0.1, -0.05) is 41.6 Å². The van der Waals surface area contributed by atoms with Crippen molar-refractivity contribution >= 4 is 29.1 Å². The Kier molecular flexibility index (Phi) is 8.55. The van der Waals surface area contributed by atoms with Gasteiger partial charge in [-0.3, -0.25) is 14.4 Å². The van der Waals surface area contributed by atoms with Gasteiger partial charge in [0.05, 0.1) is 28.9 Å². The van der Waals surface area contributed by atoms with Crippen LogP contribution in [-0.2, 0) is 21.1 Å². The predicted octanol–water partition coefficient (Wildman–Crippen LogP) is 4.22. The first-order valence-corrected chi connectivity index (χ1v) is 12.6. The molecule has 3 amide bonds. The van der Waals surface area contributed by atoms with Crippen LogP contribution in [0.4, 0.5) is 23.2 Å². The average molecular weight is 574 g/mol. The highest BCUT2D eigenvalue weighted by Gasteiger charge is 2.40. The summed E-state index contributed by atoms with van der Waals surface area (Å²) in [6.07, 6.45) is -7.41. The van der Waals surface area contributed by atoms with E-state index in [-0.39, 0.29) is 17.0 Å². The first kappa shape index (κ1) is 29.4. The van der Waals surface area contributed by atoms with Crippen molar-refractivity contribution in [1.29, 1.82) is 0 Å². The van der Waals surface area contributed by atoms with E-state index in [0.29, 0.717) is 27.9 Å². The number of para-hydroxylation sites is 1. The molecule has 9 nitrogen and oxygen atoms in total. The lowest BCUT2D eigenvalue weighted by Gasteiger charge is -2.25. The molecule has 1 aliphatic heterocycles. The highest BCUT2D eigenvalue weighted by molar-refractivity contribution is 6.20. The fourth-order valence-electron chi connectivity index (χ4n) is 4.79. The molecule has 0 radical (unpaired) electrons. The SMILES string of the molecule is Cc1cccc2c1NC(=O)[C@@H](NC(=O)[C@H](CCC(F)(F)F)[C@@H](C(N)=O)c1conc1C)N=C2c1cccc(CF)c1. The molecule has 41 heavy (non-hydrogen) atoms.